The number of halogens is 4. The van der Waals surface area contributed by atoms with Crippen molar-refractivity contribution in [3.05, 3.63) is 58.9 Å². The maximum Gasteiger partial charge on any atom is 0.417 e. The third-order valence-electron chi connectivity index (χ3n) is 5.07. The van der Waals surface area contributed by atoms with Crippen LogP contribution in [0.3, 0.4) is 0 Å². The van der Waals surface area contributed by atoms with Gasteiger partial charge in [-0.3, -0.25) is 10.6 Å². The van der Waals surface area contributed by atoms with Crippen LogP contribution in [0.1, 0.15) is 35.3 Å². The second-order valence-electron chi connectivity index (χ2n) is 7.44. The van der Waals surface area contributed by atoms with Gasteiger partial charge in [0.05, 0.1) is 22.7 Å². The zero-order valence-electron chi connectivity index (χ0n) is 16.4. The Kier molecular flexibility index (Phi) is 5.52. The number of thiocarbonyl (C=S) groups is 1. The van der Waals surface area contributed by atoms with Crippen LogP contribution in [0.25, 0.3) is 0 Å². The molecule has 0 aliphatic carbocycles. The van der Waals surface area contributed by atoms with Gasteiger partial charge in [0.1, 0.15) is 11.4 Å². The lowest BCUT2D eigenvalue weighted by Crippen LogP contribution is -2.57. The second-order valence-corrected chi connectivity index (χ2v) is 7.81. The smallest absolute Gasteiger partial charge is 0.371 e. The number of carbonyl (C=O) groups excluding carboxylic acids is 1. The molecule has 0 aromatic heterocycles. The van der Waals surface area contributed by atoms with Crippen molar-refractivity contribution in [3.8, 4) is 6.07 Å². The number of rotatable bonds is 3. The van der Waals surface area contributed by atoms with E-state index in [1.54, 1.807) is 13.8 Å². The summed E-state index contributed by atoms with van der Waals surface area (Å²) in [5.41, 5.74) is 0.147. The molecule has 0 saturated carbocycles. The number of hydrogen-bond donors (Lipinski definition) is 2. The number of quaternary nitrogens is 1. The first-order valence-corrected chi connectivity index (χ1v) is 9.30. The molecule has 0 radical (unpaired) electrons. The normalized spacial score (nSPS) is 18.3. The Morgan fingerprint density at radius 1 is 1.23 bits per heavy atom. The van der Waals surface area contributed by atoms with Gasteiger partial charge in [0, 0.05) is 11.4 Å². The van der Waals surface area contributed by atoms with Crippen molar-refractivity contribution in [2.45, 2.75) is 31.8 Å². The minimum absolute atomic E-state index is 0.0792. The lowest BCUT2D eigenvalue weighted by molar-refractivity contribution is -0.255. The van der Waals surface area contributed by atoms with Crippen molar-refractivity contribution in [2.75, 3.05) is 9.80 Å². The van der Waals surface area contributed by atoms with Gasteiger partial charge in [-0.05, 0) is 62.5 Å². The average molecular weight is 453 g/mol. The van der Waals surface area contributed by atoms with E-state index in [4.69, 9.17) is 17.5 Å². The van der Waals surface area contributed by atoms with Crippen molar-refractivity contribution in [1.29, 1.82) is 5.26 Å². The Hall–Kier alpha value is -3.07. The number of hydrogen-bond acceptors (Lipinski definition) is 4. The number of anilines is 2. The molecule has 31 heavy (non-hydrogen) atoms. The first-order valence-electron chi connectivity index (χ1n) is 8.89. The van der Waals surface area contributed by atoms with E-state index in [-0.39, 0.29) is 22.1 Å². The lowest BCUT2D eigenvalue weighted by atomic mass is 10.0. The van der Waals surface area contributed by atoms with Crippen molar-refractivity contribution >= 4 is 34.6 Å². The van der Waals surface area contributed by atoms with Gasteiger partial charge in [-0.2, -0.15) is 18.4 Å². The van der Waals surface area contributed by atoms with Gasteiger partial charge in [-0.1, -0.05) is 0 Å². The zero-order chi connectivity index (χ0) is 23.3. The van der Waals surface area contributed by atoms with E-state index in [9.17, 15) is 27.5 Å². The Labute approximate surface area is 180 Å². The summed E-state index contributed by atoms with van der Waals surface area (Å²) in [4.78, 5) is 13.9. The van der Waals surface area contributed by atoms with Crippen LogP contribution in [-0.4, -0.2) is 27.9 Å². The largest absolute Gasteiger partial charge is 0.417 e. The number of nitrogens with zero attached hydrogens (tertiary/aromatic N) is 3. The summed E-state index contributed by atoms with van der Waals surface area (Å²) >= 11 is 5.42. The maximum absolute atomic E-state index is 14.4. The molecule has 1 saturated heterocycles. The molecule has 11 heteroatoms. The van der Waals surface area contributed by atoms with Crippen LogP contribution in [0, 0.1) is 17.1 Å². The Morgan fingerprint density at radius 3 is 2.35 bits per heavy atom. The summed E-state index contributed by atoms with van der Waals surface area (Å²) < 4.78 is 54.5. The lowest BCUT2D eigenvalue weighted by Gasteiger charge is -2.33. The minimum Gasteiger partial charge on any atom is -0.371 e. The van der Waals surface area contributed by atoms with Gasteiger partial charge in [0.15, 0.2) is 11.3 Å². The molecule has 0 spiro atoms. The van der Waals surface area contributed by atoms with E-state index in [1.807, 2.05) is 0 Å². The highest BCUT2D eigenvalue weighted by molar-refractivity contribution is 7.80. The van der Waals surface area contributed by atoms with E-state index in [0.29, 0.717) is 0 Å². The first-order chi connectivity index (χ1) is 14.3. The molecule has 1 aliphatic heterocycles. The second kappa shape index (κ2) is 7.56. The van der Waals surface area contributed by atoms with Gasteiger partial charge < -0.3 is 10.0 Å². The maximum atomic E-state index is 14.4. The molecule has 4 N–H and O–H groups in total. The number of alkyl halides is 3. The van der Waals surface area contributed by atoms with Crippen LogP contribution in [0.2, 0.25) is 0 Å². The van der Waals surface area contributed by atoms with Crippen molar-refractivity contribution < 1.29 is 33.2 Å². The van der Waals surface area contributed by atoms with E-state index in [1.165, 1.54) is 29.2 Å². The predicted molar refractivity (Wildman–Crippen MR) is 107 cm³/mol. The molecule has 1 atom stereocenters. The molecule has 6 nitrogen and oxygen atoms in total. The van der Waals surface area contributed by atoms with Crippen molar-refractivity contribution in [2.24, 2.45) is 0 Å². The fraction of sp³-hybridized carbons (Fsp3) is 0.250. The predicted octanol–water partition coefficient (Wildman–Crippen LogP) is 2.81. The van der Waals surface area contributed by atoms with Gasteiger partial charge in [-0.25, -0.2) is 9.18 Å². The molecular formula is C20H17F4N4O2S+. The van der Waals surface area contributed by atoms with Crippen LogP contribution in [-0.2, 0) is 6.18 Å². The number of benzene rings is 2. The Bertz CT molecular complexity index is 1130. The van der Waals surface area contributed by atoms with Crippen molar-refractivity contribution in [3.63, 3.8) is 0 Å². The molecule has 0 bridgehead atoms. The molecule has 1 heterocycles. The molecule has 1 fully saturated rings. The minimum atomic E-state index is -4.79. The van der Waals surface area contributed by atoms with Crippen LogP contribution >= 0.6 is 12.2 Å². The van der Waals surface area contributed by atoms with E-state index >= 15 is 0 Å². The van der Waals surface area contributed by atoms with E-state index in [2.05, 4.69) is 5.73 Å². The van der Waals surface area contributed by atoms with Crippen LogP contribution in [0.15, 0.2) is 36.4 Å². The number of aliphatic hydroxyl groups excluding tert-OH is 1. The molecule has 1 amide bonds. The number of carbonyl (C=O) groups is 1. The van der Waals surface area contributed by atoms with Gasteiger partial charge in [0.2, 0.25) is 0 Å². The van der Waals surface area contributed by atoms with Crippen molar-refractivity contribution in [1.82, 2.24) is 0 Å². The average Bonchev–Trinajstić information content (AvgIpc) is 2.84. The van der Waals surface area contributed by atoms with Crippen LogP contribution in [0.5, 0.6) is 0 Å². The van der Waals surface area contributed by atoms with Crippen LogP contribution < -0.4 is 15.5 Å². The van der Waals surface area contributed by atoms with Gasteiger partial charge >= 0.3 is 12.1 Å². The molecule has 1 aliphatic rings. The summed E-state index contributed by atoms with van der Waals surface area (Å²) in [6.45, 7) is 3.16. The molecule has 2 aromatic rings. The highest BCUT2D eigenvalue weighted by atomic mass is 32.1. The number of nitriles is 1. The monoisotopic (exact) mass is 453 g/mol. The Balaban J connectivity index is 2.10. The van der Waals surface area contributed by atoms with Gasteiger partial charge in [0.25, 0.3) is 0 Å². The highest BCUT2D eigenvalue weighted by Gasteiger charge is 2.50. The summed E-state index contributed by atoms with van der Waals surface area (Å²) in [5, 5.41) is 19.8. The Morgan fingerprint density at radius 2 is 1.84 bits per heavy atom. The summed E-state index contributed by atoms with van der Waals surface area (Å²) in [6.07, 6.45) is -6.19. The summed E-state index contributed by atoms with van der Waals surface area (Å²) in [7, 11) is 0. The molecule has 3 rings (SSSR count). The quantitative estimate of drug-likeness (QED) is 0.548. The third-order valence-corrected chi connectivity index (χ3v) is 5.45. The summed E-state index contributed by atoms with van der Waals surface area (Å²) in [5.74, 6) is -1.56. The molecular weight excluding hydrogens is 436 g/mol. The van der Waals surface area contributed by atoms with Gasteiger partial charge in [-0.15, -0.1) is 0 Å². The molecule has 1 unspecified atom stereocenters. The fourth-order valence-corrected chi connectivity index (χ4v) is 4.01. The SMILES string of the molecule is CC1(C)C(O)N(c2ccc(C#N)c(C(F)(F)F)c2)C(=S)N1c1ccc(C([NH3+])=O)c(F)c1. The first kappa shape index (κ1) is 22.6. The number of aliphatic hydroxyl groups is 1. The third kappa shape index (κ3) is 3.74. The fourth-order valence-electron chi connectivity index (χ4n) is 3.47. The summed E-state index contributed by atoms with van der Waals surface area (Å²) in [6, 6.07) is 8.14. The standard InChI is InChI=1S/C20H16F4N4O2S/c1-19(2)17(30)27(11-4-3-10(9-25)14(7-11)20(22,23)24)18(31)28(19)12-5-6-13(16(26)29)15(21)8-12/h3-8,17,30H,1-2H3,(H2,26,29)/p+1. The number of amides is 1. The van der Waals surface area contributed by atoms with E-state index in [0.717, 1.165) is 23.1 Å². The topological polar surface area (TPSA) is 95.2 Å². The molecule has 162 valence electrons. The highest BCUT2D eigenvalue weighted by Crippen LogP contribution is 2.41. The van der Waals surface area contributed by atoms with E-state index < -0.39 is 40.8 Å². The zero-order valence-corrected chi connectivity index (χ0v) is 17.2. The molecule has 2 aromatic carbocycles. The van der Waals surface area contributed by atoms with Crippen LogP contribution in [0.4, 0.5) is 28.9 Å².